The van der Waals surface area contributed by atoms with Gasteiger partial charge in [0.2, 0.25) is 0 Å². The Morgan fingerprint density at radius 1 is 1.06 bits per heavy atom. The van der Waals surface area contributed by atoms with E-state index in [1.807, 2.05) is 0 Å². The highest BCUT2D eigenvalue weighted by Gasteiger charge is 2.61. The number of ether oxygens (including phenoxy) is 3. The molecular formula is C29H44O7. The predicted octanol–water partition coefficient (Wildman–Crippen LogP) is 3.79. The lowest BCUT2D eigenvalue weighted by atomic mass is 9.44. The van der Waals surface area contributed by atoms with E-state index in [-0.39, 0.29) is 17.4 Å². The molecule has 13 atom stereocenters. The quantitative estimate of drug-likeness (QED) is 0.254. The van der Waals surface area contributed by atoms with Crippen molar-refractivity contribution in [2.24, 2.45) is 40.4 Å². The van der Waals surface area contributed by atoms with E-state index in [0.29, 0.717) is 29.1 Å². The Morgan fingerprint density at radius 3 is 2.53 bits per heavy atom. The molecule has 7 nitrogen and oxygen atoms in total. The average Bonchev–Trinajstić information content (AvgIpc) is 3.21. The Balaban J connectivity index is 1.28. The molecule has 0 radical (unpaired) electrons. The maximum Gasteiger partial charge on any atom is 0.303 e. The number of hydrogen-bond acceptors (Lipinski definition) is 7. The first-order valence-electron chi connectivity index (χ1n) is 14.1. The third-order valence-electron chi connectivity index (χ3n) is 11.2. The van der Waals surface area contributed by atoms with Crippen molar-refractivity contribution in [1.82, 2.24) is 0 Å². The second-order valence-corrected chi connectivity index (χ2v) is 12.6. The van der Waals surface area contributed by atoms with E-state index in [2.05, 4.69) is 19.6 Å². The number of carbonyl (C=O) groups is 2. The lowest BCUT2D eigenvalue weighted by Crippen LogP contribution is -2.60. The summed E-state index contributed by atoms with van der Waals surface area (Å²) in [6, 6.07) is 0. The topological polar surface area (TPSA) is 102 Å². The van der Waals surface area contributed by atoms with Crippen molar-refractivity contribution in [3.8, 4) is 0 Å². The van der Waals surface area contributed by atoms with Crippen molar-refractivity contribution < 1.29 is 34.0 Å². The average molecular weight is 505 g/mol. The van der Waals surface area contributed by atoms with Gasteiger partial charge in [-0.3, -0.25) is 4.79 Å². The molecule has 0 aromatic carbocycles. The first-order chi connectivity index (χ1) is 17.1. The van der Waals surface area contributed by atoms with Crippen LogP contribution in [-0.4, -0.2) is 59.3 Å². The fraction of sp³-hybridized carbons (Fsp3) is 0.862. The Kier molecular flexibility index (Phi) is 7.16. The summed E-state index contributed by atoms with van der Waals surface area (Å²) in [5.41, 5.74) is 0.0422. The van der Waals surface area contributed by atoms with Crippen molar-refractivity contribution in [3.05, 3.63) is 12.7 Å². The van der Waals surface area contributed by atoms with Crippen molar-refractivity contribution in [1.29, 1.82) is 0 Å². The zero-order valence-corrected chi connectivity index (χ0v) is 22.0. The lowest BCUT2D eigenvalue weighted by Gasteiger charge is -2.60. The van der Waals surface area contributed by atoms with E-state index in [1.165, 1.54) is 38.9 Å². The minimum atomic E-state index is -1.27. The molecule has 36 heavy (non-hydrogen) atoms. The van der Waals surface area contributed by atoms with Gasteiger partial charge < -0.3 is 29.2 Å². The van der Waals surface area contributed by atoms with Gasteiger partial charge >= 0.3 is 5.97 Å². The van der Waals surface area contributed by atoms with Gasteiger partial charge in [-0.15, -0.1) is 6.58 Å². The third kappa shape index (κ3) is 4.09. The molecule has 1 heterocycles. The molecule has 7 heteroatoms. The van der Waals surface area contributed by atoms with Crippen LogP contribution in [-0.2, 0) is 23.8 Å². The SMILES string of the molecule is C=C[C@H]1CC[C@H]2[C@@H]3CC[C@H]4C[C@@H](O[C@@H]5O[C@@H](C)[C@@H](O)[C@@H](OC(C)=O)[C@@H]5O)CC[C@]4(C=O)[C@H]3CC[C@]12C. The number of esters is 1. The highest BCUT2D eigenvalue weighted by Crippen LogP contribution is 2.67. The molecule has 2 N–H and O–H groups in total. The third-order valence-corrected chi connectivity index (χ3v) is 11.2. The monoisotopic (exact) mass is 504 g/mol. The van der Waals surface area contributed by atoms with Crippen LogP contribution in [0.1, 0.15) is 78.6 Å². The van der Waals surface area contributed by atoms with Gasteiger partial charge in [0.05, 0.1) is 12.2 Å². The Bertz CT molecular complexity index is 861. The van der Waals surface area contributed by atoms with Gasteiger partial charge in [0.1, 0.15) is 18.5 Å². The molecule has 0 unspecified atom stereocenters. The number of rotatable bonds is 5. The maximum absolute atomic E-state index is 12.8. The van der Waals surface area contributed by atoms with E-state index in [9.17, 15) is 19.8 Å². The zero-order valence-electron chi connectivity index (χ0n) is 22.0. The van der Waals surface area contributed by atoms with Crippen LogP contribution in [0.4, 0.5) is 0 Å². The van der Waals surface area contributed by atoms with Crippen LogP contribution >= 0.6 is 0 Å². The van der Waals surface area contributed by atoms with E-state index < -0.39 is 36.7 Å². The van der Waals surface area contributed by atoms with E-state index >= 15 is 0 Å². The van der Waals surface area contributed by atoms with Gasteiger partial charge in [-0.2, -0.15) is 0 Å². The first kappa shape index (κ1) is 26.3. The smallest absolute Gasteiger partial charge is 0.303 e. The highest BCUT2D eigenvalue weighted by atomic mass is 16.7. The standard InChI is InChI=1S/C29H44O7/c1-5-18-7-9-22-21-8-6-19-14-20(10-13-29(19,15-30)23(21)11-12-28(18,22)4)36-27-25(33)26(35-17(3)31)24(32)16(2)34-27/h5,15-16,18-27,32-33H,1,6-14H2,2-4H3/t16-,18-,19-,20-,21-,22-,23-,24+,25-,26+,27-,28+,29+/m0/s1. The van der Waals surface area contributed by atoms with Gasteiger partial charge in [0.15, 0.2) is 12.4 Å². The molecule has 0 aromatic rings. The fourth-order valence-corrected chi connectivity index (χ4v) is 9.32. The normalized spacial score (nSPS) is 52.4. The minimum Gasteiger partial charge on any atom is -0.457 e. The van der Waals surface area contributed by atoms with E-state index in [4.69, 9.17) is 14.2 Å². The van der Waals surface area contributed by atoms with Crippen molar-refractivity contribution in [2.75, 3.05) is 0 Å². The van der Waals surface area contributed by atoms with E-state index in [0.717, 1.165) is 32.1 Å². The van der Waals surface area contributed by atoms with Crippen LogP contribution < -0.4 is 0 Å². The summed E-state index contributed by atoms with van der Waals surface area (Å²) in [5, 5.41) is 21.1. The summed E-state index contributed by atoms with van der Waals surface area (Å²) in [4.78, 5) is 24.3. The van der Waals surface area contributed by atoms with Crippen LogP contribution in [0.25, 0.3) is 0 Å². The largest absolute Gasteiger partial charge is 0.457 e. The van der Waals surface area contributed by atoms with Gasteiger partial charge in [-0.1, -0.05) is 13.0 Å². The Morgan fingerprint density at radius 2 is 1.83 bits per heavy atom. The van der Waals surface area contributed by atoms with Crippen LogP contribution in [0.3, 0.4) is 0 Å². The van der Waals surface area contributed by atoms with Crippen molar-refractivity contribution in [3.63, 3.8) is 0 Å². The van der Waals surface area contributed by atoms with Crippen LogP contribution in [0.5, 0.6) is 0 Å². The maximum atomic E-state index is 12.8. The Labute approximate surface area is 214 Å². The number of aliphatic hydroxyl groups is 2. The predicted molar refractivity (Wildman–Crippen MR) is 133 cm³/mol. The summed E-state index contributed by atoms with van der Waals surface area (Å²) in [6.45, 7) is 9.53. The van der Waals surface area contributed by atoms with Gasteiger partial charge in [0, 0.05) is 12.3 Å². The summed E-state index contributed by atoms with van der Waals surface area (Å²) in [5.74, 6) is 2.03. The number of fused-ring (bicyclic) bond motifs is 5. The van der Waals surface area contributed by atoms with Gasteiger partial charge in [-0.05, 0) is 99.7 Å². The zero-order chi connectivity index (χ0) is 25.8. The summed E-state index contributed by atoms with van der Waals surface area (Å²) >= 11 is 0. The van der Waals surface area contributed by atoms with Crippen LogP contribution in [0, 0.1) is 40.4 Å². The highest BCUT2D eigenvalue weighted by molar-refractivity contribution is 5.66. The first-order valence-corrected chi connectivity index (χ1v) is 14.1. The minimum absolute atomic E-state index is 0.148. The molecule has 5 rings (SSSR count). The van der Waals surface area contributed by atoms with Gasteiger partial charge in [-0.25, -0.2) is 0 Å². The number of aliphatic hydroxyl groups excluding tert-OH is 2. The molecule has 0 amide bonds. The molecule has 0 bridgehead atoms. The number of aldehydes is 1. The van der Waals surface area contributed by atoms with Crippen LogP contribution in [0.2, 0.25) is 0 Å². The van der Waals surface area contributed by atoms with Crippen molar-refractivity contribution >= 4 is 12.3 Å². The molecule has 1 saturated heterocycles. The summed E-state index contributed by atoms with van der Waals surface area (Å²) in [6.07, 6.45) is 7.50. The second kappa shape index (κ2) is 9.79. The Hall–Kier alpha value is -1.28. The van der Waals surface area contributed by atoms with E-state index in [1.54, 1.807) is 6.92 Å². The molecule has 0 aromatic heterocycles. The summed E-state index contributed by atoms with van der Waals surface area (Å²) < 4.78 is 17.2. The molecule has 4 aliphatic carbocycles. The molecule has 5 aliphatic rings. The lowest BCUT2D eigenvalue weighted by molar-refractivity contribution is -0.310. The van der Waals surface area contributed by atoms with Crippen molar-refractivity contribution in [2.45, 2.75) is 115 Å². The molecule has 202 valence electrons. The fourth-order valence-electron chi connectivity index (χ4n) is 9.32. The van der Waals surface area contributed by atoms with Gasteiger partial charge in [0.25, 0.3) is 0 Å². The number of allylic oxidation sites excluding steroid dienone is 1. The number of hydrogen-bond donors (Lipinski definition) is 2. The number of carbonyl (C=O) groups excluding carboxylic acids is 2. The molecule has 0 spiro atoms. The summed E-state index contributed by atoms with van der Waals surface area (Å²) in [7, 11) is 0. The molecule has 5 fully saturated rings. The molecule has 1 aliphatic heterocycles. The molecule has 4 saturated carbocycles. The second-order valence-electron chi connectivity index (χ2n) is 12.6. The van der Waals surface area contributed by atoms with Crippen LogP contribution in [0.15, 0.2) is 12.7 Å². The molecular weight excluding hydrogens is 460 g/mol.